The number of aliphatic imine (C=N–C) groups is 1. The third-order valence-corrected chi connectivity index (χ3v) is 5.21. The van der Waals surface area contributed by atoms with E-state index in [-0.39, 0.29) is 12.0 Å². The standard InChI is InChI=1S/C18H26N6O2S/c1-19-18(21-7-4-6-20-17(25)16-5-3-10-27-16)24-8-9-26-15(13-24)14-11-22-23(2)12-14/h3,5,10-12,15H,4,6-9,13H2,1-2H3,(H,19,21)(H,20,25). The lowest BCUT2D eigenvalue weighted by Crippen LogP contribution is -2.48. The van der Waals surface area contributed by atoms with Gasteiger partial charge in [-0.25, -0.2) is 0 Å². The van der Waals surface area contributed by atoms with Crippen LogP contribution in [0.3, 0.4) is 0 Å². The van der Waals surface area contributed by atoms with Crippen LogP contribution in [0.5, 0.6) is 0 Å². The molecule has 146 valence electrons. The van der Waals surface area contributed by atoms with Gasteiger partial charge in [0.15, 0.2) is 5.96 Å². The Hall–Kier alpha value is -2.39. The molecule has 1 unspecified atom stereocenters. The molecule has 0 radical (unpaired) electrons. The zero-order valence-electron chi connectivity index (χ0n) is 15.7. The van der Waals surface area contributed by atoms with Crippen LogP contribution in [0.2, 0.25) is 0 Å². The van der Waals surface area contributed by atoms with Gasteiger partial charge in [-0.2, -0.15) is 5.10 Å². The minimum atomic E-state index is -0.0122. The second-order valence-corrected chi connectivity index (χ2v) is 7.26. The van der Waals surface area contributed by atoms with Crippen molar-refractivity contribution in [2.75, 3.05) is 39.8 Å². The Morgan fingerprint density at radius 2 is 2.30 bits per heavy atom. The van der Waals surface area contributed by atoms with Gasteiger partial charge in [-0.05, 0) is 17.9 Å². The van der Waals surface area contributed by atoms with Crippen molar-refractivity contribution in [3.05, 3.63) is 40.3 Å². The Labute approximate surface area is 163 Å². The van der Waals surface area contributed by atoms with Gasteiger partial charge in [0.05, 0.1) is 24.2 Å². The summed E-state index contributed by atoms with van der Waals surface area (Å²) in [7, 11) is 3.69. The van der Waals surface area contributed by atoms with E-state index in [0.29, 0.717) is 13.2 Å². The molecule has 2 aromatic rings. The van der Waals surface area contributed by atoms with Gasteiger partial charge in [-0.15, -0.1) is 11.3 Å². The summed E-state index contributed by atoms with van der Waals surface area (Å²) in [5.74, 6) is 0.846. The van der Waals surface area contributed by atoms with Crippen molar-refractivity contribution in [3.63, 3.8) is 0 Å². The molecular formula is C18H26N6O2S. The lowest BCUT2D eigenvalue weighted by Gasteiger charge is -2.34. The number of amides is 1. The van der Waals surface area contributed by atoms with Gasteiger partial charge in [0.1, 0.15) is 6.10 Å². The van der Waals surface area contributed by atoms with Gasteiger partial charge in [0, 0.05) is 45.5 Å². The van der Waals surface area contributed by atoms with E-state index in [4.69, 9.17) is 4.74 Å². The molecule has 3 rings (SSSR count). The quantitative estimate of drug-likeness (QED) is 0.441. The van der Waals surface area contributed by atoms with Crippen molar-refractivity contribution >= 4 is 23.2 Å². The Kier molecular flexibility index (Phi) is 6.83. The van der Waals surface area contributed by atoms with Crippen LogP contribution in [0.1, 0.15) is 27.8 Å². The molecule has 1 aliphatic rings. The van der Waals surface area contributed by atoms with E-state index in [1.54, 1.807) is 11.7 Å². The fourth-order valence-corrected chi connectivity index (χ4v) is 3.61. The molecule has 1 amide bonds. The number of thiophene rings is 1. The van der Waals surface area contributed by atoms with E-state index < -0.39 is 0 Å². The molecule has 1 fully saturated rings. The molecule has 0 spiro atoms. The summed E-state index contributed by atoms with van der Waals surface area (Å²) in [5.41, 5.74) is 1.08. The smallest absolute Gasteiger partial charge is 0.261 e. The highest BCUT2D eigenvalue weighted by Gasteiger charge is 2.24. The van der Waals surface area contributed by atoms with Crippen molar-refractivity contribution in [2.24, 2.45) is 12.0 Å². The number of nitrogens with zero attached hydrogens (tertiary/aromatic N) is 4. The van der Waals surface area contributed by atoms with Crippen LogP contribution < -0.4 is 10.6 Å². The lowest BCUT2D eigenvalue weighted by atomic mass is 10.1. The van der Waals surface area contributed by atoms with E-state index in [0.717, 1.165) is 42.5 Å². The molecule has 9 heteroatoms. The number of hydrogen-bond donors (Lipinski definition) is 2. The predicted molar refractivity (Wildman–Crippen MR) is 106 cm³/mol. The summed E-state index contributed by atoms with van der Waals surface area (Å²) in [5, 5.41) is 12.4. The molecule has 8 nitrogen and oxygen atoms in total. The normalized spacial score (nSPS) is 17.8. The number of rotatable bonds is 6. The fourth-order valence-electron chi connectivity index (χ4n) is 2.97. The molecule has 27 heavy (non-hydrogen) atoms. The van der Waals surface area contributed by atoms with Gasteiger partial charge < -0.3 is 20.3 Å². The van der Waals surface area contributed by atoms with E-state index in [1.807, 2.05) is 37.0 Å². The first-order chi connectivity index (χ1) is 13.2. The number of aromatic nitrogens is 2. The third kappa shape index (κ3) is 5.30. The van der Waals surface area contributed by atoms with Crippen molar-refractivity contribution in [3.8, 4) is 0 Å². The first-order valence-corrected chi connectivity index (χ1v) is 9.93. The second kappa shape index (κ2) is 9.52. The Bertz CT molecular complexity index is 758. The average molecular weight is 391 g/mol. The molecule has 1 saturated heterocycles. The minimum Gasteiger partial charge on any atom is -0.370 e. The van der Waals surface area contributed by atoms with E-state index >= 15 is 0 Å². The Balaban J connectivity index is 1.41. The van der Waals surface area contributed by atoms with E-state index in [9.17, 15) is 4.79 Å². The Morgan fingerprint density at radius 1 is 1.44 bits per heavy atom. The second-order valence-electron chi connectivity index (χ2n) is 6.31. The number of morpholine rings is 1. The first kappa shape index (κ1) is 19.4. The van der Waals surface area contributed by atoms with Gasteiger partial charge in [0.25, 0.3) is 5.91 Å². The van der Waals surface area contributed by atoms with Crippen LogP contribution in [0, 0.1) is 0 Å². The minimum absolute atomic E-state index is 0.00363. The monoisotopic (exact) mass is 390 g/mol. The topological polar surface area (TPSA) is 83.8 Å². The van der Waals surface area contributed by atoms with Crippen LogP contribution >= 0.6 is 11.3 Å². The number of aryl methyl sites for hydroxylation is 1. The van der Waals surface area contributed by atoms with Gasteiger partial charge in [-0.3, -0.25) is 14.5 Å². The summed E-state index contributed by atoms with van der Waals surface area (Å²) in [6.07, 6.45) is 4.66. The molecule has 0 saturated carbocycles. The average Bonchev–Trinajstić information content (AvgIpc) is 3.36. The van der Waals surface area contributed by atoms with Crippen LogP contribution in [-0.4, -0.2) is 66.4 Å². The summed E-state index contributed by atoms with van der Waals surface area (Å²) < 4.78 is 7.67. The molecule has 2 N–H and O–H groups in total. The zero-order valence-corrected chi connectivity index (χ0v) is 16.5. The van der Waals surface area contributed by atoms with Crippen molar-refractivity contribution in [1.82, 2.24) is 25.3 Å². The number of carbonyl (C=O) groups excluding carboxylic acids is 1. The molecule has 0 bridgehead atoms. The number of nitrogens with one attached hydrogen (secondary N) is 2. The van der Waals surface area contributed by atoms with Crippen molar-refractivity contribution in [2.45, 2.75) is 12.5 Å². The largest absolute Gasteiger partial charge is 0.370 e. The first-order valence-electron chi connectivity index (χ1n) is 9.05. The van der Waals surface area contributed by atoms with Crippen LogP contribution in [-0.2, 0) is 11.8 Å². The molecule has 3 heterocycles. The van der Waals surface area contributed by atoms with Gasteiger partial charge >= 0.3 is 0 Å². The molecular weight excluding hydrogens is 364 g/mol. The third-order valence-electron chi connectivity index (χ3n) is 4.34. The number of ether oxygens (including phenoxy) is 1. The van der Waals surface area contributed by atoms with Gasteiger partial charge in [-0.1, -0.05) is 6.07 Å². The zero-order chi connectivity index (χ0) is 19.1. The maximum atomic E-state index is 11.9. The number of hydrogen-bond acceptors (Lipinski definition) is 5. The van der Waals surface area contributed by atoms with Crippen molar-refractivity contribution in [1.29, 1.82) is 0 Å². The maximum absolute atomic E-state index is 11.9. The molecule has 1 atom stereocenters. The summed E-state index contributed by atoms with van der Waals surface area (Å²) >= 11 is 1.45. The maximum Gasteiger partial charge on any atom is 0.261 e. The van der Waals surface area contributed by atoms with Crippen molar-refractivity contribution < 1.29 is 9.53 Å². The van der Waals surface area contributed by atoms with E-state index in [2.05, 4.69) is 25.6 Å². The van der Waals surface area contributed by atoms with Crippen LogP contribution in [0.4, 0.5) is 0 Å². The molecule has 2 aromatic heterocycles. The molecule has 0 aliphatic carbocycles. The molecule has 1 aliphatic heterocycles. The van der Waals surface area contributed by atoms with Crippen LogP contribution in [0.15, 0.2) is 34.9 Å². The lowest BCUT2D eigenvalue weighted by molar-refractivity contribution is -0.00801. The molecule has 0 aromatic carbocycles. The SMILES string of the molecule is CN=C(NCCCNC(=O)c1cccs1)N1CCOC(c2cnn(C)c2)C1. The fraction of sp³-hybridized carbons (Fsp3) is 0.500. The van der Waals surface area contributed by atoms with E-state index in [1.165, 1.54) is 11.3 Å². The highest BCUT2D eigenvalue weighted by molar-refractivity contribution is 7.12. The van der Waals surface area contributed by atoms with Crippen LogP contribution in [0.25, 0.3) is 0 Å². The highest BCUT2D eigenvalue weighted by atomic mass is 32.1. The number of guanidine groups is 1. The van der Waals surface area contributed by atoms with Gasteiger partial charge in [0.2, 0.25) is 0 Å². The number of carbonyl (C=O) groups is 1. The Morgan fingerprint density at radius 3 is 3.00 bits per heavy atom. The highest BCUT2D eigenvalue weighted by Crippen LogP contribution is 2.21. The summed E-state index contributed by atoms with van der Waals surface area (Å²) in [6.45, 7) is 3.55. The predicted octanol–water partition coefficient (Wildman–Crippen LogP) is 1.25. The summed E-state index contributed by atoms with van der Waals surface area (Å²) in [4.78, 5) is 19.2. The summed E-state index contributed by atoms with van der Waals surface area (Å²) in [6, 6.07) is 3.71.